The third kappa shape index (κ3) is 3.14. The topological polar surface area (TPSA) is 64.1 Å². The SMILES string of the molecule is Cc1nccnc1CC12CC(NC(=O)COc3ccc(Cl)c(F)c3)(C1)C2. The Kier molecular flexibility index (Phi) is 4.10. The maximum absolute atomic E-state index is 13.4. The van der Waals surface area contributed by atoms with Gasteiger partial charge in [0.25, 0.3) is 5.91 Å². The van der Waals surface area contributed by atoms with Gasteiger partial charge in [0.15, 0.2) is 6.61 Å². The quantitative estimate of drug-likeness (QED) is 0.841. The van der Waals surface area contributed by atoms with Crippen LogP contribution in [0.1, 0.15) is 30.7 Å². The van der Waals surface area contributed by atoms with Crippen molar-refractivity contribution < 1.29 is 13.9 Å². The molecule has 3 aliphatic rings. The molecule has 7 heteroatoms. The minimum absolute atomic E-state index is 0.0271. The molecule has 136 valence electrons. The molecule has 1 heterocycles. The molecule has 1 N–H and O–H groups in total. The van der Waals surface area contributed by atoms with Gasteiger partial charge in [-0.25, -0.2) is 4.39 Å². The number of nitrogens with zero attached hydrogens (tertiary/aromatic N) is 2. The first-order valence-corrected chi connectivity index (χ1v) is 8.92. The van der Waals surface area contributed by atoms with E-state index in [0.29, 0.717) is 0 Å². The van der Waals surface area contributed by atoms with Crippen molar-refractivity contribution >= 4 is 17.5 Å². The van der Waals surface area contributed by atoms with Crippen molar-refractivity contribution in [2.45, 2.75) is 38.1 Å². The molecular weight excluding hydrogens is 357 g/mol. The van der Waals surface area contributed by atoms with Crippen LogP contribution in [-0.2, 0) is 11.2 Å². The van der Waals surface area contributed by atoms with E-state index in [2.05, 4.69) is 15.3 Å². The molecule has 1 amide bonds. The summed E-state index contributed by atoms with van der Waals surface area (Å²) in [6.45, 7) is 1.83. The number of rotatable bonds is 6. The summed E-state index contributed by atoms with van der Waals surface area (Å²) in [6.07, 6.45) is 7.20. The molecule has 1 aromatic heterocycles. The van der Waals surface area contributed by atoms with E-state index in [4.69, 9.17) is 16.3 Å². The van der Waals surface area contributed by atoms with Crippen LogP contribution in [-0.4, -0.2) is 28.0 Å². The molecule has 1 aromatic carbocycles. The van der Waals surface area contributed by atoms with E-state index in [1.165, 1.54) is 18.2 Å². The number of benzene rings is 1. The highest BCUT2D eigenvalue weighted by molar-refractivity contribution is 6.30. The number of aryl methyl sites for hydroxylation is 1. The zero-order valence-electron chi connectivity index (χ0n) is 14.4. The maximum Gasteiger partial charge on any atom is 0.258 e. The fourth-order valence-corrected chi connectivity index (χ4v) is 4.45. The molecule has 3 fully saturated rings. The van der Waals surface area contributed by atoms with E-state index in [0.717, 1.165) is 37.1 Å². The van der Waals surface area contributed by atoms with Gasteiger partial charge in [-0.15, -0.1) is 0 Å². The monoisotopic (exact) mass is 375 g/mol. The Bertz CT molecular complexity index is 854. The first kappa shape index (κ1) is 17.2. The van der Waals surface area contributed by atoms with Gasteiger partial charge in [0.1, 0.15) is 11.6 Å². The van der Waals surface area contributed by atoms with Crippen LogP contribution in [0.25, 0.3) is 0 Å². The zero-order valence-corrected chi connectivity index (χ0v) is 15.1. The number of hydrogen-bond acceptors (Lipinski definition) is 4. The smallest absolute Gasteiger partial charge is 0.258 e. The number of hydrogen-bond donors (Lipinski definition) is 1. The summed E-state index contributed by atoms with van der Waals surface area (Å²) in [5.41, 5.74) is 2.15. The highest BCUT2D eigenvalue weighted by Gasteiger charge is 2.68. The van der Waals surface area contributed by atoms with Crippen LogP contribution < -0.4 is 10.1 Å². The maximum atomic E-state index is 13.4. The van der Waals surface area contributed by atoms with Crippen molar-refractivity contribution in [2.24, 2.45) is 5.41 Å². The minimum atomic E-state index is -0.565. The van der Waals surface area contributed by atoms with Gasteiger partial charge in [0.05, 0.1) is 16.4 Å². The summed E-state index contributed by atoms with van der Waals surface area (Å²) in [7, 11) is 0. The van der Waals surface area contributed by atoms with Gasteiger partial charge in [0, 0.05) is 24.0 Å². The average molecular weight is 376 g/mol. The summed E-state index contributed by atoms with van der Waals surface area (Å²) in [4.78, 5) is 20.8. The van der Waals surface area contributed by atoms with Crippen molar-refractivity contribution in [3.8, 4) is 5.75 Å². The van der Waals surface area contributed by atoms with Crippen LogP contribution in [0.3, 0.4) is 0 Å². The summed E-state index contributed by atoms with van der Waals surface area (Å²) in [5, 5.41) is 3.09. The Morgan fingerprint density at radius 1 is 1.31 bits per heavy atom. The lowest BCUT2D eigenvalue weighted by Gasteiger charge is -2.70. The normalized spacial score (nSPS) is 25.8. The first-order valence-electron chi connectivity index (χ1n) is 8.54. The van der Waals surface area contributed by atoms with Crippen LogP contribution in [0.4, 0.5) is 4.39 Å². The van der Waals surface area contributed by atoms with Crippen LogP contribution in [0.15, 0.2) is 30.6 Å². The summed E-state index contributed by atoms with van der Waals surface area (Å²) < 4.78 is 18.7. The Balaban J connectivity index is 1.26. The predicted octanol–water partition coefficient (Wildman–Crippen LogP) is 3.24. The van der Waals surface area contributed by atoms with Gasteiger partial charge < -0.3 is 10.1 Å². The molecule has 0 atom stereocenters. The van der Waals surface area contributed by atoms with Crippen molar-refractivity contribution in [1.82, 2.24) is 15.3 Å². The molecule has 26 heavy (non-hydrogen) atoms. The molecule has 0 aliphatic heterocycles. The Morgan fingerprint density at radius 3 is 2.73 bits per heavy atom. The summed E-state index contributed by atoms with van der Waals surface area (Å²) >= 11 is 5.62. The minimum Gasteiger partial charge on any atom is -0.484 e. The van der Waals surface area contributed by atoms with Crippen LogP contribution >= 0.6 is 11.6 Å². The number of carbonyl (C=O) groups excluding carboxylic acids is 1. The third-order valence-corrected chi connectivity index (χ3v) is 5.64. The van der Waals surface area contributed by atoms with Crippen molar-refractivity contribution in [1.29, 1.82) is 0 Å². The van der Waals surface area contributed by atoms with Gasteiger partial charge in [-0.3, -0.25) is 14.8 Å². The van der Waals surface area contributed by atoms with E-state index >= 15 is 0 Å². The molecule has 3 saturated carbocycles. The van der Waals surface area contributed by atoms with Gasteiger partial charge in [-0.05, 0) is 50.2 Å². The molecule has 0 saturated heterocycles. The Labute approximate surface area is 155 Å². The molecular formula is C19H19ClFN3O2. The second kappa shape index (κ2) is 6.20. The Morgan fingerprint density at radius 2 is 2.04 bits per heavy atom. The molecule has 2 bridgehead atoms. The summed E-state index contributed by atoms with van der Waals surface area (Å²) in [5.74, 6) is -0.469. The Hall–Kier alpha value is -2.21. The molecule has 3 aliphatic carbocycles. The second-order valence-electron chi connectivity index (χ2n) is 7.49. The molecule has 2 aromatic rings. The van der Waals surface area contributed by atoms with Crippen LogP contribution in [0.5, 0.6) is 5.75 Å². The standard InChI is InChI=1S/C19H19ClFN3O2/c1-12-16(23-5-4-22-12)7-18-9-19(10-18,11-18)24-17(25)8-26-13-2-3-14(20)15(21)6-13/h2-6H,7-11H2,1H3,(H,24,25). The molecule has 0 spiro atoms. The largest absolute Gasteiger partial charge is 0.484 e. The lowest BCUT2D eigenvalue weighted by atomic mass is 9.38. The number of halogens is 2. The fourth-order valence-electron chi connectivity index (χ4n) is 4.33. The van der Waals surface area contributed by atoms with Gasteiger partial charge in [-0.2, -0.15) is 0 Å². The average Bonchev–Trinajstić information content (AvgIpc) is 2.54. The van der Waals surface area contributed by atoms with Gasteiger partial charge in [0.2, 0.25) is 0 Å². The van der Waals surface area contributed by atoms with Crippen molar-refractivity contribution in [2.75, 3.05) is 6.61 Å². The van der Waals surface area contributed by atoms with E-state index in [9.17, 15) is 9.18 Å². The second-order valence-corrected chi connectivity index (χ2v) is 7.90. The first-order chi connectivity index (χ1) is 12.4. The molecule has 0 radical (unpaired) electrons. The molecule has 5 rings (SSSR count). The summed E-state index contributed by atoms with van der Waals surface area (Å²) in [6, 6.07) is 4.12. The highest BCUT2D eigenvalue weighted by Crippen LogP contribution is 2.68. The number of ether oxygens (including phenoxy) is 1. The molecule has 0 unspecified atom stereocenters. The van der Waals surface area contributed by atoms with Gasteiger partial charge in [-0.1, -0.05) is 11.6 Å². The number of amides is 1. The van der Waals surface area contributed by atoms with Crippen molar-refractivity contribution in [3.63, 3.8) is 0 Å². The fraction of sp³-hybridized carbons (Fsp3) is 0.421. The number of aromatic nitrogens is 2. The van der Waals surface area contributed by atoms with Crippen molar-refractivity contribution in [3.05, 3.63) is 52.8 Å². The molecule has 5 nitrogen and oxygen atoms in total. The van der Waals surface area contributed by atoms with E-state index in [1.807, 2.05) is 6.92 Å². The van der Waals surface area contributed by atoms with E-state index in [1.54, 1.807) is 12.4 Å². The highest BCUT2D eigenvalue weighted by atomic mass is 35.5. The lowest BCUT2D eigenvalue weighted by molar-refractivity contribution is -0.166. The predicted molar refractivity (Wildman–Crippen MR) is 94.5 cm³/mol. The van der Waals surface area contributed by atoms with Crippen LogP contribution in [0.2, 0.25) is 5.02 Å². The van der Waals surface area contributed by atoms with Crippen LogP contribution in [0, 0.1) is 18.2 Å². The zero-order chi connectivity index (χ0) is 18.4. The lowest BCUT2D eigenvalue weighted by Crippen LogP contribution is -2.75. The third-order valence-electron chi connectivity index (χ3n) is 5.33. The van der Waals surface area contributed by atoms with E-state index < -0.39 is 5.82 Å². The van der Waals surface area contributed by atoms with E-state index in [-0.39, 0.29) is 34.2 Å². The van der Waals surface area contributed by atoms with Gasteiger partial charge >= 0.3 is 0 Å². The number of nitrogens with one attached hydrogen (secondary N) is 1. The number of carbonyl (C=O) groups is 1.